The molecule has 0 aliphatic carbocycles. The maximum atomic E-state index is 11.6. The maximum Gasteiger partial charge on any atom is 0.276 e. The molecule has 5 nitrogen and oxygen atoms in total. The van der Waals surface area contributed by atoms with Gasteiger partial charge in [0.15, 0.2) is 5.69 Å². The van der Waals surface area contributed by atoms with Gasteiger partial charge in [0.2, 0.25) is 0 Å². The van der Waals surface area contributed by atoms with Crippen molar-refractivity contribution in [2.24, 2.45) is 0 Å². The predicted molar refractivity (Wildman–Crippen MR) is 55.5 cm³/mol. The van der Waals surface area contributed by atoms with Gasteiger partial charge in [-0.3, -0.25) is 14.9 Å². The van der Waals surface area contributed by atoms with Crippen molar-refractivity contribution in [2.75, 3.05) is 5.32 Å². The molecule has 2 aromatic rings. The van der Waals surface area contributed by atoms with Gasteiger partial charge in [-0.15, -0.1) is 0 Å². The standard InChI is InChI=1S/C10H10N4O/c1-7-6-9(14-13-7)10(15)12-8-2-4-11-5-3-8/h2-6H,1H3,(H,13,14)(H,11,12,15). The normalized spacial score (nSPS) is 9.93. The molecule has 0 saturated heterocycles. The number of carbonyl (C=O) groups excluding carboxylic acids is 1. The van der Waals surface area contributed by atoms with Crippen LogP contribution in [0, 0.1) is 6.92 Å². The number of aryl methyl sites for hydroxylation is 1. The Bertz CT molecular complexity index is 463. The summed E-state index contributed by atoms with van der Waals surface area (Å²) >= 11 is 0. The second-order valence-corrected chi connectivity index (χ2v) is 3.13. The minimum Gasteiger partial charge on any atom is -0.320 e. The zero-order chi connectivity index (χ0) is 10.7. The topological polar surface area (TPSA) is 70.7 Å². The lowest BCUT2D eigenvalue weighted by Crippen LogP contribution is -2.12. The molecule has 0 bridgehead atoms. The second kappa shape index (κ2) is 3.91. The maximum absolute atomic E-state index is 11.6. The van der Waals surface area contributed by atoms with Gasteiger partial charge in [-0.25, -0.2) is 0 Å². The summed E-state index contributed by atoms with van der Waals surface area (Å²) in [5.74, 6) is -0.231. The predicted octanol–water partition coefficient (Wildman–Crippen LogP) is 1.37. The molecule has 5 heteroatoms. The molecule has 15 heavy (non-hydrogen) atoms. The molecule has 0 aliphatic rings. The van der Waals surface area contributed by atoms with Crippen LogP contribution in [0.3, 0.4) is 0 Å². The SMILES string of the molecule is Cc1cc(C(=O)Nc2ccncc2)n[nH]1. The Morgan fingerprint density at radius 2 is 2.13 bits per heavy atom. The summed E-state index contributed by atoms with van der Waals surface area (Å²) in [6, 6.07) is 5.13. The molecular weight excluding hydrogens is 192 g/mol. The van der Waals surface area contributed by atoms with Gasteiger partial charge in [-0.05, 0) is 25.1 Å². The summed E-state index contributed by atoms with van der Waals surface area (Å²) < 4.78 is 0. The van der Waals surface area contributed by atoms with E-state index in [1.807, 2.05) is 6.92 Å². The number of hydrogen-bond donors (Lipinski definition) is 2. The third-order valence-electron chi connectivity index (χ3n) is 1.88. The van der Waals surface area contributed by atoms with Gasteiger partial charge >= 0.3 is 0 Å². The van der Waals surface area contributed by atoms with Crippen LogP contribution in [-0.4, -0.2) is 21.1 Å². The van der Waals surface area contributed by atoms with Crippen LogP contribution in [0.2, 0.25) is 0 Å². The van der Waals surface area contributed by atoms with E-state index in [-0.39, 0.29) is 5.91 Å². The molecule has 0 saturated carbocycles. The summed E-state index contributed by atoms with van der Waals surface area (Å²) in [4.78, 5) is 15.5. The van der Waals surface area contributed by atoms with Gasteiger partial charge in [0, 0.05) is 23.8 Å². The first kappa shape index (κ1) is 9.39. The molecule has 0 unspecified atom stereocenters. The molecule has 2 N–H and O–H groups in total. The van der Waals surface area contributed by atoms with Crippen LogP contribution in [0.5, 0.6) is 0 Å². The first-order chi connectivity index (χ1) is 7.25. The van der Waals surface area contributed by atoms with E-state index >= 15 is 0 Å². The smallest absolute Gasteiger partial charge is 0.276 e. The first-order valence-electron chi connectivity index (χ1n) is 4.49. The van der Waals surface area contributed by atoms with Crippen molar-refractivity contribution < 1.29 is 4.79 Å². The zero-order valence-electron chi connectivity index (χ0n) is 8.19. The highest BCUT2D eigenvalue weighted by atomic mass is 16.1. The third-order valence-corrected chi connectivity index (χ3v) is 1.88. The van der Waals surface area contributed by atoms with Gasteiger partial charge in [0.05, 0.1) is 0 Å². The summed E-state index contributed by atoms with van der Waals surface area (Å²) in [6.07, 6.45) is 3.23. The van der Waals surface area contributed by atoms with Gasteiger partial charge < -0.3 is 5.32 Å². The highest BCUT2D eigenvalue weighted by molar-refractivity contribution is 6.02. The quantitative estimate of drug-likeness (QED) is 0.772. The molecule has 2 rings (SSSR count). The summed E-state index contributed by atoms with van der Waals surface area (Å²) in [7, 11) is 0. The number of H-pyrrole nitrogens is 1. The molecule has 1 amide bonds. The largest absolute Gasteiger partial charge is 0.320 e. The summed E-state index contributed by atoms with van der Waals surface area (Å²) in [5.41, 5.74) is 1.94. The van der Waals surface area contributed by atoms with Crippen molar-refractivity contribution in [3.63, 3.8) is 0 Å². The lowest BCUT2D eigenvalue weighted by molar-refractivity contribution is 0.102. The number of aromatic amines is 1. The Balaban J connectivity index is 2.11. The molecule has 0 radical (unpaired) electrons. The van der Waals surface area contributed by atoms with Crippen LogP contribution >= 0.6 is 0 Å². The third kappa shape index (κ3) is 2.19. The Morgan fingerprint density at radius 1 is 1.40 bits per heavy atom. The number of nitrogens with zero attached hydrogens (tertiary/aromatic N) is 2. The molecule has 2 heterocycles. The van der Waals surface area contributed by atoms with E-state index in [2.05, 4.69) is 20.5 Å². The Kier molecular flexibility index (Phi) is 2.45. The highest BCUT2D eigenvalue weighted by Gasteiger charge is 2.08. The number of pyridine rings is 1. The molecule has 0 atom stereocenters. The van der Waals surface area contributed by atoms with Crippen LogP contribution < -0.4 is 5.32 Å². The number of anilines is 1. The van der Waals surface area contributed by atoms with Crippen LogP contribution in [0.15, 0.2) is 30.6 Å². The van der Waals surface area contributed by atoms with Gasteiger partial charge in [0.1, 0.15) is 0 Å². The fraction of sp³-hybridized carbons (Fsp3) is 0.100. The van der Waals surface area contributed by atoms with E-state index in [4.69, 9.17) is 0 Å². The highest BCUT2D eigenvalue weighted by Crippen LogP contribution is 2.06. The molecule has 0 aliphatic heterocycles. The van der Waals surface area contributed by atoms with Crippen LogP contribution in [0.25, 0.3) is 0 Å². The number of amides is 1. The number of hydrogen-bond acceptors (Lipinski definition) is 3. The Hall–Kier alpha value is -2.17. The molecular formula is C10H10N4O. The van der Waals surface area contributed by atoms with E-state index in [1.54, 1.807) is 30.6 Å². The molecule has 2 aromatic heterocycles. The minimum absolute atomic E-state index is 0.231. The number of aromatic nitrogens is 3. The number of carbonyl (C=O) groups is 1. The Labute approximate surface area is 86.5 Å². The van der Waals surface area contributed by atoms with Crippen LogP contribution in [0.4, 0.5) is 5.69 Å². The van der Waals surface area contributed by atoms with Crippen LogP contribution in [0.1, 0.15) is 16.2 Å². The fourth-order valence-corrected chi connectivity index (χ4v) is 1.16. The van der Waals surface area contributed by atoms with E-state index in [0.717, 1.165) is 5.69 Å². The number of nitrogens with one attached hydrogen (secondary N) is 2. The monoisotopic (exact) mass is 202 g/mol. The van der Waals surface area contributed by atoms with E-state index in [9.17, 15) is 4.79 Å². The molecule has 76 valence electrons. The number of rotatable bonds is 2. The van der Waals surface area contributed by atoms with Gasteiger partial charge in [-0.1, -0.05) is 0 Å². The fourth-order valence-electron chi connectivity index (χ4n) is 1.16. The first-order valence-corrected chi connectivity index (χ1v) is 4.49. The second-order valence-electron chi connectivity index (χ2n) is 3.13. The van der Waals surface area contributed by atoms with Gasteiger partial charge in [-0.2, -0.15) is 5.10 Å². The van der Waals surface area contributed by atoms with Crippen molar-refractivity contribution in [3.8, 4) is 0 Å². The average Bonchev–Trinajstić information content (AvgIpc) is 2.66. The van der Waals surface area contributed by atoms with Crippen molar-refractivity contribution in [2.45, 2.75) is 6.92 Å². The lowest BCUT2D eigenvalue weighted by atomic mass is 10.3. The minimum atomic E-state index is -0.231. The average molecular weight is 202 g/mol. The van der Waals surface area contributed by atoms with E-state index in [0.29, 0.717) is 11.4 Å². The van der Waals surface area contributed by atoms with E-state index < -0.39 is 0 Å². The van der Waals surface area contributed by atoms with Crippen LogP contribution in [-0.2, 0) is 0 Å². The Morgan fingerprint density at radius 3 is 2.73 bits per heavy atom. The lowest BCUT2D eigenvalue weighted by Gasteiger charge is -2.00. The zero-order valence-corrected chi connectivity index (χ0v) is 8.19. The van der Waals surface area contributed by atoms with Gasteiger partial charge in [0.25, 0.3) is 5.91 Å². The van der Waals surface area contributed by atoms with Crippen molar-refractivity contribution >= 4 is 11.6 Å². The molecule has 0 fully saturated rings. The van der Waals surface area contributed by atoms with Crippen molar-refractivity contribution in [1.82, 2.24) is 15.2 Å². The summed E-state index contributed by atoms with van der Waals surface area (Å²) in [5, 5.41) is 9.28. The van der Waals surface area contributed by atoms with E-state index in [1.165, 1.54) is 0 Å². The van der Waals surface area contributed by atoms with Crippen molar-refractivity contribution in [3.05, 3.63) is 42.0 Å². The van der Waals surface area contributed by atoms with Crippen molar-refractivity contribution in [1.29, 1.82) is 0 Å². The summed E-state index contributed by atoms with van der Waals surface area (Å²) in [6.45, 7) is 1.84. The molecule has 0 spiro atoms. The molecule has 0 aromatic carbocycles.